The molecular weight excluding hydrogens is 392 g/mol. The number of aryl methyl sites for hydroxylation is 1. The van der Waals surface area contributed by atoms with E-state index in [4.69, 9.17) is 21.7 Å². The SMILES string of the molecule is COc1ccc(C(=O)NC(=S)Nc2ccc(C)cc2Br)cc1OC. The van der Waals surface area contributed by atoms with Gasteiger partial charge < -0.3 is 14.8 Å². The van der Waals surface area contributed by atoms with Crippen LogP contribution in [0.2, 0.25) is 0 Å². The molecule has 2 rings (SSSR count). The van der Waals surface area contributed by atoms with E-state index < -0.39 is 0 Å². The third-order valence-corrected chi connectivity index (χ3v) is 4.11. The van der Waals surface area contributed by atoms with Crippen molar-refractivity contribution in [3.63, 3.8) is 0 Å². The smallest absolute Gasteiger partial charge is 0.257 e. The van der Waals surface area contributed by atoms with Crippen LogP contribution < -0.4 is 20.1 Å². The molecule has 2 aromatic carbocycles. The van der Waals surface area contributed by atoms with Crippen LogP contribution in [0, 0.1) is 6.92 Å². The van der Waals surface area contributed by atoms with Crippen LogP contribution in [0.3, 0.4) is 0 Å². The Morgan fingerprint density at radius 2 is 1.79 bits per heavy atom. The maximum absolute atomic E-state index is 12.3. The lowest BCUT2D eigenvalue weighted by molar-refractivity contribution is 0.0977. The first-order chi connectivity index (χ1) is 11.4. The highest BCUT2D eigenvalue weighted by atomic mass is 79.9. The lowest BCUT2D eigenvalue weighted by atomic mass is 10.2. The monoisotopic (exact) mass is 408 g/mol. The Labute approximate surface area is 154 Å². The molecule has 0 radical (unpaired) electrons. The zero-order chi connectivity index (χ0) is 17.7. The van der Waals surface area contributed by atoms with Crippen molar-refractivity contribution in [1.82, 2.24) is 5.32 Å². The molecule has 0 aliphatic heterocycles. The van der Waals surface area contributed by atoms with Gasteiger partial charge in [-0.3, -0.25) is 10.1 Å². The molecule has 2 aromatic rings. The highest BCUT2D eigenvalue weighted by molar-refractivity contribution is 9.10. The number of hydrogen-bond donors (Lipinski definition) is 2. The van der Waals surface area contributed by atoms with Gasteiger partial charge in [-0.2, -0.15) is 0 Å². The Hall–Kier alpha value is -2.12. The summed E-state index contributed by atoms with van der Waals surface area (Å²) >= 11 is 8.65. The summed E-state index contributed by atoms with van der Waals surface area (Å²) in [6.07, 6.45) is 0. The second-order valence-electron chi connectivity index (χ2n) is 4.96. The zero-order valence-corrected chi connectivity index (χ0v) is 15.9. The largest absolute Gasteiger partial charge is 0.493 e. The first-order valence-electron chi connectivity index (χ1n) is 7.05. The van der Waals surface area contributed by atoms with E-state index in [2.05, 4.69) is 26.6 Å². The zero-order valence-electron chi connectivity index (χ0n) is 13.5. The van der Waals surface area contributed by atoms with E-state index in [1.165, 1.54) is 14.2 Å². The Morgan fingerprint density at radius 3 is 2.42 bits per heavy atom. The molecular formula is C17H17BrN2O3S. The Morgan fingerprint density at radius 1 is 1.08 bits per heavy atom. The second-order valence-corrected chi connectivity index (χ2v) is 6.22. The molecule has 0 aliphatic carbocycles. The molecule has 0 spiro atoms. The summed E-state index contributed by atoms with van der Waals surface area (Å²) in [4.78, 5) is 12.3. The number of hydrogen-bond acceptors (Lipinski definition) is 4. The van der Waals surface area contributed by atoms with Gasteiger partial charge in [0.2, 0.25) is 0 Å². The molecule has 7 heteroatoms. The van der Waals surface area contributed by atoms with Crippen molar-refractivity contribution in [2.24, 2.45) is 0 Å². The first kappa shape index (κ1) is 18.2. The van der Waals surface area contributed by atoms with E-state index in [1.54, 1.807) is 18.2 Å². The van der Waals surface area contributed by atoms with E-state index in [0.717, 1.165) is 15.7 Å². The van der Waals surface area contributed by atoms with Crippen LogP contribution in [0.15, 0.2) is 40.9 Å². The van der Waals surface area contributed by atoms with Crippen LogP contribution in [0.5, 0.6) is 11.5 Å². The number of amides is 1. The predicted octanol–water partition coefficient (Wildman–Crippen LogP) is 3.90. The minimum atomic E-state index is -0.336. The normalized spacial score (nSPS) is 10.0. The summed E-state index contributed by atoms with van der Waals surface area (Å²) < 4.78 is 11.2. The molecule has 0 fully saturated rings. The van der Waals surface area contributed by atoms with Gasteiger partial charge >= 0.3 is 0 Å². The number of methoxy groups -OCH3 is 2. The third kappa shape index (κ3) is 4.46. The molecule has 0 saturated carbocycles. The number of carbonyl (C=O) groups excluding carboxylic acids is 1. The molecule has 24 heavy (non-hydrogen) atoms. The predicted molar refractivity (Wildman–Crippen MR) is 102 cm³/mol. The van der Waals surface area contributed by atoms with Gasteiger partial charge in [0.25, 0.3) is 5.91 Å². The topological polar surface area (TPSA) is 59.6 Å². The summed E-state index contributed by atoms with van der Waals surface area (Å²) in [6.45, 7) is 1.99. The van der Waals surface area contributed by atoms with Gasteiger partial charge in [0.15, 0.2) is 16.6 Å². The summed E-state index contributed by atoms with van der Waals surface area (Å²) in [7, 11) is 3.05. The number of anilines is 1. The average Bonchev–Trinajstić information content (AvgIpc) is 2.56. The van der Waals surface area contributed by atoms with Crippen LogP contribution in [0.25, 0.3) is 0 Å². The first-order valence-corrected chi connectivity index (χ1v) is 8.25. The number of thiocarbonyl (C=S) groups is 1. The fraction of sp³-hybridized carbons (Fsp3) is 0.176. The van der Waals surface area contributed by atoms with E-state index in [-0.39, 0.29) is 11.0 Å². The van der Waals surface area contributed by atoms with E-state index in [1.807, 2.05) is 25.1 Å². The number of carbonyl (C=O) groups is 1. The summed E-state index contributed by atoms with van der Waals surface area (Å²) in [6, 6.07) is 10.7. The van der Waals surface area contributed by atoms with Crippen molar-refractivity contribution in [2.45, 2.75) is 6.92 Å². The van der Waals surface area contributed by atoms with Crippen molar-refractivity contribution in [1.29, 1.82) is 0 Å². The van der Waals surface area contributed by atoms with Crippen molar-refractivity contribution in [2.75, 3.05) is 19.5 Å². The quantitative estimate of drug-likeness (QED) is 0.751. The molecule has 5 nitrogen and oxygen atoms in total. The molecule has 0 atom stereocenters. The maximum atomic E-state index is 12.3. The maximum Gasteiger partial charge on any atom is 0.257 e. The Kier molecular flexibility index (Phi) is 6.16. The minimum absolute atomic E-state index is 0.208. The molecule has 0 bridgehead atoms. The number of halogens is 1. The van der Waals surface area contributed by atoms with Crippen LogP contribution in [0.1, 0.15) is 15.9 Å². The van der Waals surface area contributed by atoms with Gasteiger partial charge in [-0.05, 0) is 71.0 Å². The third-order valence-electron chi connectivity index (χ3n) is 3.25. The highest BCUT2D eigenvalue weighted by Crippen LogP contribution is 2.27. The Bertz CT molecular complexity index is 780. The molecule has 0 saturated heterocycles. The van der Waals surface area contributed by atoms with E-state index in [9.17, 15) is 4.79 Å². The Balaban J connectivity index is 2.07. The van der Waals surface area contributed by atoms with Crippen LogP contribution in [0.4, 0.5) is 5.69 Å². The van der Waals surface area contributed by atoms with Gasteiger partial charge in [0.1, 0.15) is 0 Å². The van der Waals surface area contributed by atoms with Gasteiger partial charge in [-0.25, -0.2) is 0 Å². The van der Waals surface area contributed by atoms with E-state index in [0.29, 0.717) is 17.1 Å². The van der Waals surface area contributed by atoms with Gasteiger partial charge in [-0.1, -0.05) is 6.07 Å². The van der Waals surface area contributed by atoms with Crippen LogP contribution in [-0.4, -0.2) is 25.2 Å². The lowest BCUT2D eigenvalue weighted by Gasteiger charge is -2.13. The molecule has 0 aliphatic rings. The molecule has 0 unspecified atom stereocenters. The molecule has 1 amide bonds. The highest BCUT2D eigenvalue weighted by Gasteiger charge is 2.12. The fourth-order valence-corrected chi connectivity index (χ4v) is 2.82. The van der Waals surface area contributed by atoms with Crippen LogP contribution >= 0.6 is 28.1 Å². The van der Waals surface area contributed by atoms with Crippen molar-refractivity contribution in [3.05, 3.63) is 52.0 Å². The van der Waals surface area contributed by atoms with Crippen molar-refractivity contribution < 1.29 is 14.3 Å². The van der Waals surface area contributed by atoms with Crippen LogP contribution in [-0.2, 0) is 0 Å². The van der Waals surface area contributed by atoms with Gasteiger partial charge in [0, 0.05) is 10.0 Å². The number of rotatable bonds is 4. The number of ether oxygens (including phenoxy) is 2. The van der Waals surface area contributed by atoms with E-state index >= 15 is 0 Å². The molecule has 126 valence electrons. The lowest BCUT2D eigenvalue weighted by Crippen LogP contribution is -2.34. The van der Waals surface area contributed by atoms with Gasteiger partial charge in [-0.15, -0.1) is 0 Å². The summed E-state index contributed by atoms with van der Waals surface area (Å²) in [5, 5.41) is 5.83. The summed E-state index contributed by atoms with van der Waals surface area (Å²) in [5.41, 5.74) is 2.31. The van der Waals surface area contributed by atoms with Crippen molar-refractivity contribution in [3.8, 4) is 11.5 Å². The van der Waals surface area contributed by atoms with Crippen molar-refractivity contribution >= 4 is 44.9 Å². The summed E-state index contributed by atoms with van der Waals surface area (Å²) in [5.74, 6) is 0.695. The molecule has 0 aromatic heterocycles. The fourth-order valence-electron chi connectivity index (χ4n) is 2.03. The standard InChI is InChI=1S/C17H17BrN2O3S/c1-10-4-6-13(12(18)8-10)19-17(24)20-16(21)11-5-7-14(22-2)15(9-11)23-3/h4-9H,1-3H3,(H2,19,20,21,24). The second kappa shape index (κ2) is 8.12. The average molecular weight is 409 g/mol. The number of nitrogens with one attached hydrogen (secondary N) is 2. The number of benzene rings is 2. The van der Waals surface area contributed by atoms with Gasteiger partial charge in [0.05, 0.1) is 19.9 Å². The molecule has 0 heterocycles. The minimum Gasteiger partial charge on any atom is -0.493 e. The molecule has 2 N–H and O–H groups in total.